The number of nitrogens with two attached hydrogens (primary N) is 1. The molecule has 0 aromatic heterocycles. The second-order valence-electron chi connectivity index (χ2n) is 3.69. The third-order valence-electron chi connectivity index (χ3n) is 2.58. The van der Waals surface area contributed by atoms with E-state index in [1.807, 2.05) is 19.1 Å². The summed E-state index contributed by atoms with van der Waals surface area (Å²) >= 11 is 0. The second kappa shape index (κ2) is 6.02. The highest BCUT2D eigenvalue weighted by atomic mass is 16.5. The summed E-state index contributed by atoms with van der Waals surface area (Å²) in [6.45, 7) is 4.24. The molecular formula is C13H16N2O2. The average Bonchev–Trinajstić information content (AvgIpc) is 2.30. The van der Waals surface area contributed by atoms with Gasteiger partial charge in [0, 0.05) is 6.54 Å². The number of nitriles is 1. The van der Waals surface area contributed by atoms with Gasteiger partial charge in [0.25, 0.3) is 0 Å². The molecule has 4 nitrogen and oxygen atoms in total. The quantitative estimate of drug-likeness (QED) is 0.797. The van der Waals surface area contributed by atoms with Crippen LogP contribution in [0.15, 0.2) is 12.1 Å². The monoisotopic (exact) mass is 232 g/mol. The van der Waals surface area contributed by atoms with E-state index < -0.39 is 0 Å². The summed E-state index contributed by atoms with van der Waals surface area (Å²) in [5.41, 5.74) is 8.50. The minimum atomic E-state index is -0.329. The molecule has 0 fully saturated rings. The highest BCUT2D eigenvalue weighted by Gasteiger charge is 2.14. The summed E-state index contributed by atoms with van der Waals surface area (Å²) in [6.07, 6.45) is 0.102. The topological polar surface area (TPSA) is 76.1 Å². The minimum Gasteiger partial charge on any atom is -0.466 e. The van der Waals surface area contributed by atoms with Crippen molar-refractivity contribution in [3.63, 3.8) is 0 Å². The van der Waals surface area contributed by atoms with E-state index in [0.717, 1.165) is 11.1 Å². The van der Waals surface area contributed by atoms with E-state index in [0.29, 0.717) is 24.3 Å². The number of hydrogen-bond acceptors (Lipinski definition) is 4. The molecule has 1 aromatic carbocycles. The molecule has 0 aliphatic carbocycles. The molecule has 0 spiro atoms. The van der Waals surface area contributed by atoms with Gasteiger partial charge in [-0.1, -0.05) is 12.1 Å². The molecule has 0 aliphatic heterocycles. The van der Waals surface area contributed by atoms with Crippen LogP contribution in [0.1, 0.15) is 29.2 Å². The number of aryl methyl sites for hydroxylation is 1. The standard InChI is InChI=1S/C13H16N2O2/c1-3-17-13(16)6-11-10(7-14)5-4-9(2)12(11)8-15/h4-5H,3,6-7,14H2,1-2H3. The summed E-state index contributed by atoms with van der Waals surface area (Å²) in [4.78, 5) is 11.5. The number of esters is 1. The Morgan fingerprint density at radius 2 is 2.24 bits per heavy atom. The van der Waals surface area contributed by atoms with Crippen molar-refractivity contribution in [3.8, 4) is 6.07 Å². The van der Waals surface area contributed by atoms with Crippen LogP contribution in [0.2, 0.25) is 0 Å². The van der Waals surface area contributed by atoms with Gasteiger partial charge in [-0.25, -0.2) is 0 Å². The molecule has 17 heavy (non-hydrogen) atoms. The number of hydrogen-bond donors (Lipinski definition) is 1. The number of ether oxygens (including phenoxy) is 1. The van der Waals surface area contributed by atoms with Gasteiger partial charge in [0.1, 0.15) is 0 Å². The molecule has 2 N–H and O–H groups in total. The second-order valence-corrected chi connectivity index (χ2v) is 3.69. The molecular weight excluding hydrogens is 216 g/mol. The number of benzene rings is 1. The Bertz CT molecular complexity index is 461. The van der Waals surface area contributed by atoms with E-state index >= 15 is 0 Å². The molecule has 0 heterocycles. The van der Waals surface area contributed by atoms with E-state index in [9.17, 15) is 4.79 Å². The first-order chi connectivity index (χ1) is 8.13. The van der Waals surface area contributed by atoms with Crippen LogP contribution in [0.25, 0.3) is 0 Å². The van der Waals surface area contributed by atoms with E-state index in [2.05, 4.69) is 6.07 Å². The lowest BCUT2D eigenvalue weighted by Gasteiger charge is -2.11. The van der Waals surface area contributed by atoms with E-state index in [1.165, 1.54) is 0 Å². The Hall–Kier alpha value is -1.86. The van der Waals surface area contributed by atoms with Gasteiger partial charge in [-0.2, -0.15) is 5.26 Å². The lowest BCUT2D eigenvalue weighted by molar-refractivity contribution is -0.142. The fourth-order valence-electron chi connectivity index (χ4n) is 1.71. The normalized spacial score (nSPS) is 9.76. The number of rotatable bonds is 4. The highest BCUT2D eigenvalue weighted by Crippen LogP contribution is 2.19. The molecule has 0 unspecified atom stereocenters. The fourth-order valence-corrected chi connectivity index (χ4v) is 1.71. The first-order valence-corrected chi connectivity index (χ1v) is 5.51. The van der Waals surface area contributed by atoms with Gasteiger partial charge in [-0.05, 0) is 30.5 Å². The smallest absolute Gasteiger partial charge is 0.310 e. The predicted octanol–water partition coefficient (Wildman–Crippen LogP) is 1.43. The summed E-state index contributed by atoms with van der Waals surface area (Å²) in [6, 6.07) is 5.82. The molecule has 0 saturated heterocycles. The maximum atomic E-state index is 11.5. The van der Waals surface area contributed by atoms with Crippen LogP contribution in [0, 0.1) is 18.3 Å². The molecule has 90 valence electrons. The summed E-state index contributed by atoms with van der Waals surface area (Å²) < 4.78 is 4.90. The first kappa shape index (κ1) is 13.2. The molecule has 0 bridgehead atoms. The predicted molar refractivity (Wildman–Crippen MR) is 64.1 cm³/mol. The Labute approximate surface area is 101 Å². The van der Waals surface area contributed by atoms with Gasteiger partial charge in [0.05, 0.1) is 24.7 Å². The summed E-state index contributed by atoms with van der Waals surface area (Å²) in [5, 5.41) is 9.12. The maximum absolute atomic E-state index is 11.5. The van der Waals surface area contributed by atoms with Crippen molar-refractivity contribution in [3.05, 3.63) is 34.4 Å². The molecule has 0 aliphatic rings. The first-order valence-electron chi connectivity index (χ1n) is 5.51. The van der Waals surface area contributed by atoms with E-state index in [-0.39, 0.29) is 12.4 Å². The molecule has 0 radical (unpaired) electrons. The van der Waals surface area contributed by atoms with Crippen LogP contribution >= 0.6 is 0 Å². The van der Waals surface area contributed by atoms with Crippen molar-refractivity contribution in [1.82, 2.24) is 0 Å². The van der Waals surface area contributed by atoms with Gasteiger partial charge in [-0.15, -0.1) is 0 Å². The molecule has 0 amide bonds. The van der Waals surface area contributed by atoms with Crippen molar-refractivity contribution in [1.29, 1.82) is 5.26 Å². The van der Waals surface area contributed by atoms with Crippen LogP contribution in [0.3, 0.4) is 0 Å². The van der Waals surface area contributed by atoms with Gasteiger partial charge < -0.3 is 10.5 Å². The number of carbonyl (C=O) groups excluding carboxylic acids is 1. The Morgan fingerprint density at radius 3 is 2.76 bits per heavy atom. The number of nitrogens with zero attached hydrogens (tertiary/aromatic N) is 1. The average molecular weight is 232 g/mol. The summed E-state index contributed by atoms with van der Waals surface area (Å²) in [5.74, 6) is -0.329. The zero-order valence-electron chi connectivity index (χ0n) is 10.1. The van der Waals surface area contributed by atoms with Gasteiger partial charge in [0.15, 0.2) is 0 Å². The number of carbonyl (C=O) groups is 1. The zero-order chi connectivity index (χ0) is 12.8. The van der Waals surface area contributed by atoms with E-state index in [1.54, 1.807) is 6.92 Å². The highest BCUT2D eigenvalue weighted by molar-refractivity contribution is 5.74. The fraction of sp³-hybridized carbons (Fsp3) is 0.385. The molecule has 4 heteroatoms. The van der Waals surface area contributed by atoms with E-state index in [4.69, 9.17) is 15.7 Å². The van der Waals surface area contributed by atoms with Crippen molar-refractivity contribution in [2.24, 2.45) is 5.73 Å². The van der Waals surface area contributed by atoms with Crippen molar-refractivity contribution < 1.29 is 9.53 Å². The zero-order valence-corrected chi connectivity index (χ0v) is 10.1. The Morgan fingerprint density at radius 1 is 1.53 bits per heavy atom. The van der Waals surface area contributed by atoms with Gasteiger partial charge in [0.2, 0.25) is 0 Å². The Kier molecular flexibility index (Phi) is 4.68. The lowest BCUT2D eigenvalue weighted by atomic mass is 9.95. The van der Waals surface area contributed by atoms with Gasteiger partial charge in [-0.3, -0.25) is 4.79 Å². The molecule has 0 saturated carbocycles. The third-order valence-corrected chi connectivity index (χ3v) is 2.58. The van der Waals surface area contributed by atoms with Crippen LogP contribution in [-0.2, 0) is 22.5 Å². The largest absolute Gasteiger partial charge is 0.466 e. The summed E-state index contributed by atoms with van der Waals surface area (Å²) in [7, 11) is 0. The van der Waals surface area contributed by atoms with Crippen LogP contribution in [-0.4, -0.2) is 12.6 Å². The van der Waals surface area contributed by atoms with Crippen LogP contribution < -0.4 is 5.73 Å². The lowest BCUT2D eigenvalue weighted by Crippen LogP contribution is -2.13. The van der Waals surface area contributed by atoms with Crippen molar-refractivity contribution in [2.75, 3.05) is 6.61 Å². The third kappa shape index (κ3) is 3.05. The van der Waals surface area contributed by atoms with Crippen molar-refractivity contribution in [2.45, 2.75) is 26.8 Å². The molecule has 0 atom stereocenters. The van der Waals surface area contributed by atoms with Gasteiger partial charge >= 0.3 is 5.97 Å². The minimum absolute atomic E-state index is 0.102. The Balaban J connectivity index is 3.15. The van der Waals surface area contributed by atoms with Crippen molar-refractivity contribution >= 4 is 5.97 Å². The van der Waals surface area contributed by atoms with Crippen LogP contribution in [0.4, 0.5) is 0 Å². The molecule has 1 rings (SSSR count). The molecule has 1 aromatic rings. The maximum Gasteiger partial charge on any atom is 0.310 e. The SMILES string of the molecule is CCOC(=O)Cc1c(CN)ccc(C)c1C#N. The van der Waals surface area contributed by atoms with Crippen LogP contribution in [0.5, 0.6) is 0 Å².